The molecule has 0 spiro atoms. The largest absolute Gasteiger partial charge is 0.438 e. The van der Waals surface area contributed by atoms with Crippen LogP contribution in [0.25, 0.3) is 10.6 Å². The van der Waals surface area contributed by atoms with Gasteiger partial charge in [-0.1, -0.05) is 6.07 Å². The molecular formula is C17H17N5O5S2. The Kier molecular flexibility index (Phi) is 4.98. The number of hydrogen-bond acceptors (Lipinski definition) is 7. The molecule has 29 heavy (non-hydrogen) atoms. The summed E-state index contributed by atoms with van der Waals surface area (Å²) in [6, 6.07) is 7.94. The van der Waals surface area contributed by atoms with Crippen molar-refractivity contribution < 1.29 is 22.4 Å². The molecule has 4 rings (SSSR count). The van der Waals surface area contributed by atoms with Crippen molar-refractivity contribution in [3.8, 4) is 10.6 Å². The molecule has 0 radical (unpaired) electrons. The number of sulfonamides is 1. The number of carbonyl (C=O) groups is 2. The standard InChI is InChI=1S/C17H17N5O5S2/c18-16(23)13-3-4-15(27-13)29(25,26)22-7-5-21(6-8-22)17(24)12-10-11(19-20-12)14-2-1-9-28-14/h1-4,9-10H,5-8H2,(H2,18,23)(H,19,20). The Morgan fingerprint density at radius 2 is 1.93 bits per heavy atom. The molecule has 10 nitrogen and oxygen atoms in total. The van der Waals surface area contributed by atoms with E-state index in [2.05, 4.69) is 10.2 Å². The number of carbonyl (C=O) groups excluding carboxylic acids is 2. The molecule has 0 unspecified atom stereocenters. The molecule has 0 aromatic carbocycles. The predicted molar refractivity (Wildman–Crippen MR) is 104 cm³/mol. The van der Waals surface area contributed by atoms with Gasteiger partial charge in [-0.15, -0.1) is 11.3 Å². The van der Waals surface area contributed by atoms with E-state index in [0.717, 1.165) is 10.6 Å². The summed E-state index contributed by atoms with van der Waals surface area (Å²) in [4.78, 5) is 26.3. The number of nitrogens with two attached hydrogens (primary N) is 1. The number of aromatic nitrogens is 2. The summed E-state index contributed by atoms with van der Waals surface area (Å²) in [7, 11) is -3.91. The number of nitrogens with zero attached hydrogens (tertiary/aromatic N) is 3. The van der Waals surface area contributed by atoms with Crippen LogP contribution in [0, 0.1) is 0 Å². The normalized spacial score (nSPS) is 15.5. The van der Waals surface area contributed by atoms with E-state index < -0.39 is 15.9 Å². The molecule has 1 saturated heterocycles. The van der Waals surface area contributed by atoms with Crippen molar-refractivity contribution >= 4 is 33.2 Å². The smallest absolute Gasteiger partial charge is 0.284 e. The minimum atomic E-state index is -3.91. The molecule has 3 aromatic heterocycles. The summed E-state index contributed by atoms with van der Waals surface area (Å²) in [5.41, 5.74) is 6.13. The summed E-state index contributed by atoms with van der Waals surface area (Å²) in [6.07, 6.45) is 0. The van der Waals surface area contributed by atoms with Crippen molar-refractivity contribution in [3.05, 3.63) is 47.2 Å². The van der Waals surface area contributed by atoms with Crippen molar-refractivity contribution in [3.63, 3.8) is 0 Å². The fraction of sp³-hybridized carbons (Fsp3) is 0.235. The van der Waals surface area contributed by atoms with Crippen LogP contribution in [0.3, 0.4) is 0 Å². The number of primary amides is 1. The van der Waals surface area contributed by atoms with Crippen LogP contribution in [0.1, 0.15) is 21.0 Å². The van der Waals surface area contributed by atoms with Crippen molar-refractivity contribution in [1.82, 2.24) is 19.4 Å². The Bertz CT molecular complexity index is 1140. The maximum Gasteiger partial charge on any atom is 0.284 e. The highest BCUT2D eigenvalue weighted by Crippen LogP contribution is 2.24. The highest BCUT2D eigenvalue weighted by molar-refractivity contribution is 7.89. The lowest BCUT2D eigenvalue weighted by Gasteiger charge is -2.33. The Labute approximate surface area is 170 Å². The molecule has 2 amide bonds. The van der Waals surface area contributed by atoms with E-state index in [0.29, 0.717) is 0 Å². The zero-order chi connectivity index (χ0) is 20.6. The lowest BCUT2D eigenvalue weighted by molar-refractivity contribution is 0.0690. The number of hydrogen-bond donors (Lipinski definition) is 2. The zero-order valence-corrected chi connectivity index (χ0v) is 16.7. The first-order valence-electron chi connectivity index (χ1n) is 8.64. The fourth-order valence-corrected chi connectivity index (χ4v) is 5.03. The van der Waals surface area contributed by atoms with Crippen molar-refractivity contribution in [1.29, 1.82) is 0 Å². The van der Waals surface area contributed by atoms with Crippen LogP contribution in [-0.4, -0.2) is 65.8 Å². The Morgan fingerprint density at radius 1 is 1.17 bits per heavy atom. The molecule has 4 heterocycles. The number of furan rings is 1. The first kappa shape index (κ1) is 19.4. The number of amides is 2. The van der Waals surface area contributed by atoms with Gasteiger partial charge in [0.1, 0.15) is 0 Å². The van der Waals surface area contributed by atoms with Gasteiger partial charge < -0.3 is 15.1 Å². The van der Waals surface area contributed by atoms with Gasteiger partial charge in [0.2, 0.25) is 5.09 Å². The second kappa shape index (κ2) is 7.46. The Hall–Kier alpha value is -2.96. The molecule has 0 atom stereocenters. The lowest BCUT2D eigenvalue weighted by atomic mass is 10.2. The summed E-state index contributed by atoms with van der Waals surface area (Å²) in [5, 5.41) is 8.52. The maximum atomic E-state index is 12.7. The van der Waals surface area contributed by atoms with Crippen LogP contribution >= 0.6 is 11.3 Å². The van der Waals surface area contributed by atoms with E-state index in [9.17, 15) is 18.0 Å². The highest BCUT2D eigenvalue weighted by atomic mass is 32.2. The summed E-state index contributed by atoms with van der Waals surface area (Å²) in [5.74, 6) is -1.34. The summed E-state index contributed by atoms with van der Waals surface area (Å²) in [6.45, 7) is 0.622. The minimum absolute atomic E-state index is 0.100. The van der Waals surface area contributed by atoms with Crippen LogP contribution in [0.5, 0.6) is 0 Å². The van der Waals surface area contributed by atoms with E-state index in [1.165, 1.54) is 27.8 Å². The van der Waals surface area contributed by atoms with E-state index >= 15 is 0 Å². The monoisotopic (exact) mass is 435 g/mol. The highest BCUT2D eigenvalue weighted by Gasteiger charge is 2.33. The molecule has 152 valence electrons. The number of thiophene rings is 1. The predicted octanol–water partition coefficient (Wildman–Crippen LogP) is 0.977. The van der Waals surface area contributed by atoms with Gasteiger partial charge in [-0.2, -0.15) is 9.40 Å². The molecule has 1 aliphatic rings. The Morgan fingerprint density at radius 3 is 2.55 bits per heavy atom. The van der Waals surface area contributed by atoms with Gasteiger partial charge in [-0.05, 0) is 29.6 Å². The van der Waals surface area contributed by atoms with E-state index in [1.807, 2.05) is 17.5 Å². The number of aromatic amines is 1. The molecule has 3 N–H and O–H groups in total. The van der Waals surface area contributed by atoms with E-state index in [-0.39, 0.29) is 48.6 Å². The molecular weight excluding hydrogens is 418 g/mol. The third-order valence-electron chi connectivity index (χ3n) is 4.53. The summed E-state index contributed by atoms with van der Waals surface area (Å²) < 4.78 is 31.6. The van der Waals surface area contributed by atoms with E-state index in [1.54, 1.807) is 11.0 Å². The minimum Gasteiger partial charge on any atom is -0.438 e. The molecule has 0 saturated carbocycles. The quantitative estimate of drug-likeness (QED) is 0.611. The molecule has 0 aliphatic carbocycles. The second-order valence-corrected chi connectivity index (χ2v) is 9.14. The third-order valence-corrected chi connectivity index (χ3v) is 7.20. The number of nitrogens with one attached hydrogen (secondary N) is 1. The maximum absolute atomic E-state index is 12.7. The topological polar surface area (TPSA) is 143 Å². The number of rotatable bonds is 5. The molecule has 0 bridgehead atoms. The van der Waals surface area contributed by atoms with Crippen LogP contribution in [0.2, 0.25) is 0 Å². The number of piperazine rings is 1. The van der Waals surface area contributed by atoms with Gasteiger partial charge in [0.25, 0.3) is 21.8 Å². The average molecular weight is 435 g/mol. The van der Waals surface area contributed by atoms with Gasteiger partial charge in [-0.25, -0.2) is 8.42 Å². The number of H-pyrrole nitrogens is 1. The van der Waals surface area contributed by atoms with Crippen LogP contribution in [0.4, 0.5) is 0 Å². The first-order valence-corrected chi connectivity index (χ1v) is 11.0. The van der Waals surface area contributed by atoms with Crippen LogP contribution in [0.15, 0.2) is 45.2 Å². The van der Waals surface area contributed by atoms with Crippen molar-refractivity contribution in [2.75, 3.05) is 26.2 Å². The van der Waals surface area contributed by atoms with E-state index in [4.69, 9.17) is 10.2 Å². The molecule has 1 fully saturated rings. The SMILES string of the molecule is NC(=O)c1ccc(S(=O)(=O)N2CCN(C(=O)c3cc(-c4cccs4)[nH]n3)CC2)o1. The molecule has 1 aliphatic heterocycles. The van der Waals surface area contributed by atoms with Gasteiger partial charge >= 0.3 is 0 Å². The molecule has 12 heteroatoms. The molecule has 3 aromatic rings. The lowest BCUT2D eigenvalue weighted by Crippen LogP contribution is -2.50. The van der Waals surface area contributed by atoms with Gasteiger partial charge in [-0.3, -0.25) is 14.7 Å². The van der Waals surface area contributed by atoms with Gasteiger partial charge in [0, 0.05) is 26.2 Å². The average Bonchev–Trinajstić information content (AvgIpc) is 3.48. The second-order valence-electron chi connectivity index (χ2n) is 6.32. The van der Waals surface area contributed by atoms with Gasteiger partial charge in [0.05, 0.1) is 10.6 Å². The van der Waals surface area contributed by atoms with Crippen LogP contribution in [-0.2, 0) is 10.0 Å². The Balaban J connectivity index is 1.42. The van der Waals surface area contributed by atoms with Crippen LogP contribution < -0.4 is 5.73 Å². The fourth-order valence-electron chi connectivity index (χ4n) is 3.00. The first-order chi connectivity index (χ1) is 13.9. The van der Waals surface area contributed by atoms with Crippen molar-refractivity contribution in [2.24, 2.45) is 5.73 Å². The third kappa shape index (κ3) is 3.69. The van der Waals surface area contributed by atoms with Gasteiger partial charge in [0.15, 0.2) is 11.5 Å². The summed E-state index contributed by atoms with van der Waals surface area (Å²) >= 11 is 1.53. The zero-order valence-electron chi connectivity index (χ0n) is 15.1. The van der Waals surface area contributed by atoms with Crippen molar-refractivity contribution in [2.45, 2.75) is 5.09 Å².